The molecule has 1 aromatic carbocycles. The Morgan fingerprint density at radius 1 is 1.50 bits per heavy atom. The molecule has 1 fully saturated rings. The molecule has 0 bridgehead atoms. The van der Waals surface area contributed by atoms with Gasteiger partial charge in [-0.1, -0.05) is 17.7 Å². The SMILES string of the molecule is CCOC1CCCN(Cc2ccc(O)c(Cl)c2)C1. The van der Waals surface area contributed by atoms with Crippen LogP contribution in [0.4, 0.5) is 0 Å². The molecule has 1 heterocycles. The summed E-state index contributed by atoms with van der Waals surface area (Å²) in [5, 5.41) is 9.82. The largest absolute Gasteiger partial charge is 0.506 e. The minimum absolute atomic E-state index is 0.145. The fraction of sp³-hybridized carbons (Fsp3) is 0.571. The first kappa shape index (κ1) is 13.7. The van der Waals surface area contributed by atoms with E-state index < -0.39 is 0 Å². The zero-order chi connectivity index (χ0) is 13.0. The highest BCUT2D eigenvalue weighted by atomic mass is 35.5. The Balaban J connectivity index is 1.93. The van der Waals surface area contributed by atoms with Crippen LogP contribution in [0.2, 0.25) is 5.02 Å². The molecule has 4 heteroatoms. The molecule has 0 spiro atoms. The monoisotopic (exact) mass is 269 g/mol. The fourth-order valence-corrected chi connectivity index (χ4v) is 2.64. The molecular weight excluding hydrogens is 250 g/mol. The van der Waals surface area contributed by atoms with E-state index in [0.29, 0.717) is 11.1 Å². The van der Waals surface area contributed by atoms with Gasteiger partial charge in [-0.3, -0.25) is 4.90 Å². The number of nitrogens with zero attached hydrogens (tertiary/aromatic N) is 1. The summed E-state index contributed by atoms with van der Waals surface area (Å²) in [5.41, 5.74) is 1.13. The molecule has 100 valence electrons. The van der Waals surface area contributed by atoms with Crippen LogP contribution in [0.5, 0.6) is 5.75 Å². The van der Waals surface area contributed by atoms with Gasteiger partial charge in [0.05, 0.1) is 11.1 Å². The van der Waals surface area contributed by atoms with Crippen molar-refractivity contribution < 1.29 is 9.84 Å². The van der Waals surface area contributed by atoms with E-state index in [9.17, 15) is 5.11 Å². The number of rotatable bonds is 4. The van der Waals surface area contributed by atoms with Crippen molar-refractivity contribution in [1.82, 2.24) is 4.90 Å². The van der Waals surface area contributed by atoms with Gasteiger partial charge in [0.25, 0.3) is 0 Å². The molecule has 18 heavy (non-hydrogen) atoms. The lowest BCUT2D eigenvalue weighted by Gasteiger charge is -2.32. The van der Waals surface area contributed by atoms with Crippen LogP contribution in [0, 0.1) is 0 Å². The van der Waals surface area contributed by atoms with Gasteiger partial charge >= 0.3 is 0 Å². The standard InChI is InChI=1S/C14H20ClNO2/c1-2-18-12-4-3-7-16(10-12)9-11-5-6-14(17)13(15)8-11/h5-6,8,12,17H,2-4,7,9-10H2,1H3. The lowest BCUT2D eigenvalue weighted by molar-refractivity contribution is 0.00363. The molecule has 1 aliphatic heterocycles. The van der Waals surface area contributed by atoms with Gasteiger partial charge < -0.3 is 9.84 Å². The molecule has 1 N–H and O–H groups in total. The first-order valence-electron chi connectivity index (χ1n) is 6.50. The van der Waals surface area contributed by atoms with Crippen LogP contribution in [-0.2, 0) is 11.3 Å². The second-order valence-corrected chi connectivity index (χ2v) is 5.15. The number of halogens is 1. The highest BCUT2D eigenvalue weighted by molar-refractivity contribution is 6.32. The van der Waals surface area contributed by atoms with Crippen molar-refractivity contribution >= 4 is 11.6 Å². The Labute approximate surface area is 113 Å². The Kier molecular flexibility index (Phi) is 4.87. The number of phenols is 1. The second kappa shape index (κ2) is 6.41. The van der Waals surface area contributed by atoms with Crippen molar-refractivity contribution in [2.75, 3.05) is 19.7 Å². The number of hydrogen-bond acceptors (Lipinski definition) is 3. The smallest absolute Gasteiger partial charge is 0.134 e. The van der Waals surface area contributed by atoms with Crippen molar-refractivity contribution in [2.24, 2.45) is 0 Å². The zero-order valence-corrected chi connectivity index (χ0v) is 11.5. The first-order valence-corrected chi connectivity index (χ1v) is 6.88. The molecule has 1 saturated heterocycles. The summed E-state index contributed by atoms with van der Waals surface area (Å²) in [4.78, 5) is 2.38. The van der Waals surface area contributed by atoms with Crippen molar-refractivity contribution in [3.05, 3.63) is 28.8 Å². The first-order chi connectivity index (χ1) is 8.69. The molecule has 0 aromatic heterocycles. The third kappa shape index (κ3) is 3.61. The molecule has 1 atom stereocenters. The predicted octanol–water partition coefficient (Wildman–Crippen LogP) is 3.05. The van der Waals surface area contributed by atoms with Gasteiger partial charge in [-0.2, -0.15) is 0 Å². The Bertz CT molecular complexity index is 395. The number of likely N-dealkylation sites (tertiary alicyclic amines) is 1. The van der Waals surface area contributed by atoms with Crippen molar-refractivity contribution in [3.8, 4) is 5.75 Å². The number of aromatic hydroxyl groups is 1. The zero-order valence-electron chi connectivity index (χ0n) is 10.7. The molecule has 0 aliphatic carbocycles. The number of piperidine rings is 1. The van der Waals surface area contributed by atoms with Crippen LogP contribution in [-0.4, -0.2) is 35.8 Å². The van der Waals surface area contributed by atoms with Gasteiger partial charge in [0.2, 0.25) is 0 Å². The number of hydrogen-bond donors (Lipinski definition) is 1. The highest BCUT2D eigenvalue weighted by Crippen LogP contribution is 2.25. The molecular formula is C14H20ClNO2. The molecule has 1 aliphatic rings. The normalized spacial score (nSPS) is 21.1. The van der Waals surface area contributed by atoms with Gasteiger partial charge in [-0.15, -0.1) is 0 Å². The highest BCUT2D eigenvalue weighted by Gasteiger charge is 2.20. The van der Waals surface area contributed by atoms with E-state index in [0.717, 1.165) is 38.2 Å². The number of phenolic OH excluding ortho intramolecular Hbond substituents is 1. The lowest BCUT2D eigenvalue weighted by Crippen LogP contribution is -2.39. The molecule has 0 amide bonds. The quantitative estimate of drug-likeness (QED) is 0.912. The van der Waals surface area contributed by atoms with E-state index in [2.05, 4.69) is 4.90 Å². The lowest BCUT2D eigenvalue weighted by atomic mass is 10.1. The Morgan fingerprint density at radius 3 is 3.06 bits per heavy atom. The van der Waals surface area contributed by atoms with Crippen LogP contribution >= 0.6 is 11.6 Å². The van der Waals surface area contributed by atoms with Crippen molar-refractivity contribution in [2.45, 2.75) is 32.4 Å². The van der Waals surface area contributed by atoms with Crippen molar-refractivity contribution in [1.29, 1.82) is 0 Å². The molecule has 1 aromatic rings. The van der Waals surface area contributed by atoms with Crippen LogP contribution in [0.25, 0.3) is 0 Å². The predicted molar refractivity (Wildman–Crippen MR) is 73.0 cm³/mol. The fourth-order valence-electron chi connectivity index (χ4n) is 2.44. The van der Waals surface area contributed by atoms with Gasteiger partial charge in [0, 0.05) is 19.7 Å². The van der Waals surface area contributed by atoms with E-state index in [-0.39, 0.29) is 5.75 Å². The van der Waals surface area contributed by atoms with E-state index in [1.807, 2.05) is 19.1 Å². The van der Waals surface area contributed by atoms with E-state index in [1.54, 1.807) is 6.07 Å². The van der Waals surface area contributed by atoms with Crippen molar-refractivity contribution in [3.63, 3.8) is 0 Å². The summed E-state index contributed by atoms with van der Waals surface area (Å²) in [6.07, 6.45) is 2.69. The third-order valence-electron chi connectivity index (χ3n) is 3.28. The maximum Gasteiger partial charge on any atom is 0.134 e. The third-order valence-corrected chi connectivity index (χ3v) is 3.59. The summed E-state index contributed by atoms with van der Waals surface area (Å²) in [6.45, 7) is 5.76. The van der Waals surface area contributed by atoms with Crippen LogP contribution < -0.4 is 0 Å². The van der Waals surface area contributed by atoms with Gasteiger partial charge in [-0.05, 0) is 44.0 Å². The summed E-state index contributed by atoms with van der Waals surface area (Å²) in [5.74, 6) is 0.145. The molecule has 1 unspecified atom stereocenters. The van der Waals surface area contributed by atoms with E-state index >= 15 is 0 Å². The van der Waals surface area contributed by atoms with Crippen LogP contribution in [0.3, 0.4) is 0 Å². The molecule has 3 nitrogen and oxygen atoms in total. The summed E-state index contributed by atoms with van der Waals surface area (Å²) in [6, 6.07) is 5.41. The average Bonchev–Trinajstić information content (AvgIpc) is 2.35. The minimum Gasteiger partial charge on any atom is -0.506 e. The van der Waals surface area contributed by atoms with Crippen LogP contribution in [0.1, 0.15) is 25.3 Å². The number of benzene rings is 1. The summed E-state index contributed by atoms with van der Waals surface area (Å²) >= 11 is 5.92. The minimum atomic E-state index is 0.145. The molecule has 0 radical (unpaired) electrons. The summed E-state index contributed by atoms with van der Waals surface area (Å²) in [7, 11) is 0. The topological polar surface area (TPSA) is 32.7 Å². The Morgan fingerprint density at radius 2 is 2.33 bits per heavy atom. The average molecular weight is 270 g/mol. The molecule has 0 saturated carbocycles. The van der Waals surface area contributed by atoms with E-state index in [4.69, 9.17) is 16.3 Å². The maximum atomic E-state index is 9.40. The molecule has 2 rings (SSSR count). The van der Waals surface area contributed by atoms with Gasteiger partial charge in [0.1, 0.15) is 5.75 Å². The van der Waals surface area contributed by atoms with Crippen LogP contribution in [0.15, 0.2) is 18.2 Å². The number of ether oxygens (including phenoxy) is 1. The second-order valence-electron chi connectivity index (χ2n) is 4.74. The maximum absolute atomic E-state index is 9.40. The van der Waals surface area contributed by atoms with Gasteiger partial charge in [-0.25, -0.2) is 0 Å². The Hall–Kier alpha value is -0.770. The van der Waals surface area contributed by atoms with Gasteiger partial charge in [0.15, 0.2) is 0 Å². The summed E-state index contributed by atoms with van der Waals surface area (Å²) < 4.78 is 5.69. The van der Waals surface area contributed by atoms with E-state index in [1.165, 1.54) is 6.42 Å².